The van der Waals surface area contributed by atoms with Crippen LogP contribution in [0.2, 0.25) is 0 Å². The Morgan fingerprint density at radius 1 is 0.750 bits per heavy atom. The van der Waals surface area contributed by atoms with Crippen molar-refractivity contribution in [2.45, 2.75) is 66.8 Å². The molecule has 118 valence electrons. The summed E-state index contributed by atoms with van der Waals surface area (Å²) in [5, 5.41) is 24.2. The summed E-state index contributed by atoms with van der Waals surface area (Å²) in [6.45, 7) is 12.4. The third kappa shape index (κ3) is 82.5. The summed E-state index contributed by atoms with van der Waals surface area (Å²) in [6.07, 6.45) is -0.500. The second-order valence-corrected chi connectivity index (χ2v) is 4.86. The largest absolute Gasteiger partial charge is 0.394 e. The molecule has 1 aromatic rings. The van der Waals surface area contributed by atoms with E-state index in [1.54, 1.807) is 41.5 Å². The number of hydrogen-bond acceptors (Lipinski definition) is 3. The smallest absolute Gasteiger partial charge is 0.0483 e. The topological polar surface area (TPSA) is 60.7 Å². The van der Waals surface area contributed by atoms with E-state index in [0.717, 1.165) is 0 Å². The Labute approximate surface area is 139 Å². The summed E-state index contributed by atoms with van der Waals surface area (Å²) < 4.78 is 0. The predicted octanol–water partition coefficient (Wildman–Crippen LogP) is 2.95. The minimum Gasteiger partial charge on any atom is -0.394 e. The number of benzene rings is 1. The van der Waals surface area contributed by atoms with Gasteiger partial charge in [-0.15, -0.1) is 0 Å². The van der Waals surface area contributed by atoms with E-state index in [-0.39, 0.29) is 40.0 Å². The fourth-order valence-electron chi connectivity index (χ4n) is 0.470. The SMILES string of the molecule is CC(C)O.CC(C)O.CC(C)O.Cc1cc[c-]cc1.[Ti]. The van der Waals surface area contributed by atoms with Gasteiger partial charge in [0.05, 0.1) is 0 Å². The average molecular weight is 319 g/mol. The fraction of sp³-hybridized carbons (Fsp3) is 0.625. The van der Waals surface area contributed by atoms with Crippen LogP contribution < -0.4 is 0 Å². The number of aliphatic hydroxyl groups is 3. The first-order valence-corrected chi connectivity index (χ1v) is 6.56. The van der Waals surface area contributed by atoms with Crippen LogP contribution in [0.3, 0.4) is 0 Å². The maximum atomic E-state index is 8.06. The predicted molar refractivity (Wildman–Crippen MR) is 82.1 cm³/mol. The molecule has 0 saturated heterocycles. The van der Waals surface area contributed by atoms with Crippen LogP contribution in [-0.4, -0.2) is 33.6 Å². The van der Waals surface area contributed by atoms with E-state index in [1.807, 2.05) is 24.3 Å². The second kappa shape index (κ2) is 21.1. The molecule has 1 rings (SSSR count). The molecule has 0 bridgehead atoms. The van der Waals surface area contributed by atoms with Crippen LogP contribution in [-0.2, 0) is 21.7 Å². The first-order valence-electron chi connectivity index (χ1n) is 6.56. The van der Waals surface area contributed by atoms with Crippen LogP contribution >= 0.6 is 0 Å². The van der Waals surface area contributed by atoms with Gasteiger partial charge >= 0.3 is 0 Å². The van der Waals surface area contributed by atoms with E-state index in [9.17, 15) is 0 Å². The van der Waals surface area contributed by atoms with Crippen molar-refractivity contribution in [1.82, 2.24) is 0 Å². The quantitative estimate of drug-likeness (QED) is 0.509. The van der Waals surface area contributed by atoms with Gasteiger partial charge in [0.1, 0.15) is 0 Å². The molecule has 3 N–H and O–H groups in total. The van der Waals surface area contributed by atoms with E-state index in [1.165, 1.54) is 5.56 Å². The monoisotopic (exact) mass is 319 g/mol. The van der Waals surface area contributed by atoms with Gasteiger partial charge in [-0.2, -0.15) is 35.9 Å². The number of aryl methyl sites for hydroxylation is 1. The van der Waals surface area contributed by atoms with Crippen LogP contribution in [0.4, 0.5) is 0 Å². The van der Waals surface area contributed by atoms with Gasteiger partial charge in [-0.05, 0) is 41.5 Å². The van der Waals surface area contributed by atoms with Crippen LogP contribution in [0.15, 0.2) is 24.3 Å². The minimum atomic E-state index is -0.167. The summed E-state index contributed by atoms with van der Waals surface area (Å²) in [4.78, 5) is 0. The molecule has 0 radical (unpaired) electrons. The zero-order valence-corrected chi connectivity index (χ0v) is 15.4. The zero-order valence-electron chi connectivity index (χ0n) is 13.9. The van der Waals surface area contributed by atoms with Crippen LogP contribution in [0.1, 0.15) is 47.1 Å². The van der Waals surface area contributed by atoms with Crippen molar-refractivity contribution in [3.05, 3.63) is 35.9 Å². The maximum absolute atomic E-state index is 8.06. The summed E-state index contributed by atoms with van der Waals surface area (Å²) in [7, 11) is 0. The number of aliphatic hydroxyl groups excluding tert-OH is 3. The van der Waals surface area contributed by atoms with E-state index in [0.29, 0.717) is 0 Å². The summed E-state index contributed by atoms with van der Waals surface area (Å²) in [6, 6.07) is 10.8. The standard InChI is InChI=1S/C7H7.3C3H8O.Ti/c1-7-5-3-2-4-6-7;3*1-3(2)4;/h3-6H,1H3;3*3-4H,1-2H3;/q-1;;;;. The molecule has 0 saturated carbocycles. The van der Waals surface area contributed by atoms with Gasteiger partial charge in [-0.25, -0.2) is 0 Å². The average Bonchev–Trinajstić information content (AvgIpc) is 2.15. The van der Waals surface area contributed by atoms with E-state index < -0.39 is 0 Å². The molecule has 4 heteroatoms. The minimum absolute atomic E-state index is 0. The van der Waals surface area contributed by atoms with Crippen molar-refractivity contribution in [1.29, 1.82) is 0 Å². The third-order valence-corrected chi connectivity index (χ3v) is 0.885. The molecule has 0 atom stereocenters. The summed E-state index contributed by atoms with van der Waals surface area (Å²) in [5.41, 5.74) is 1.29. The van der Waals surface area contributed by atoms with Crippen molar-refractivity contribution in [2.24, 2.45) is 0 Å². The van der Waals surface area contributed by atoms with Crippen LogP contribution in [0, 0.1) is 13.0 Å². The molecule has 3 nitrogen and oxygen atoms in total. The van der Waals surface area contributed by atoms with E-state index in [4.69, 9.17) is 15.3 Å². The fourth-order valence-corrected chi connectivity index (χ4v) is 0.470. The van der Waals surface area contributed by atoms with Gasteiger partial charge in [0.15, 0.2) is 0 Å². The number of hydrogen-bond donors (Lipinski definition) is 3. The molecule has 20 heavy (non-hydrogen) atoms. The molecule has 0 amide bonds. The Balaban J connectivity index is -0.0000000881. The van der Waals surface area contributed by atoms with Crippen LogP contribution in [0.5, 0.6) is 0 Å². The third-order valence-electron chi connectivity index (χ3n) is 0.885. The van der Waals surface area contributed by atoms with Crippen molar-refractivity contribution in [3.8, 4) is 0 Å². The van der Waals surface area contributed by atoms with Gasteiger partial charge in [0.25, 0.3) is 0 Å². The molecule has 0 fully saturated rings. The molecular formula is C16H31O3Ti-. The van der Waals surface area contributed by atoms with Crippen molar-refractivity contribution in [3.63, 3.8) is 0 Å². The summed E-state index contributed by atoms with van der Waals surface area (Å²) in [5.74, 6) is 0. The van der Waals surface area contributed by atoms with Crippen molar-refractivity contribution in [2.75, 3.05) is 0 Å². The summed E-state index contributed by atoms with van der Waals surface area (Å²) >= 11 is 0. The Morgan fingerprint density at radius 2 is 0.950 bits per heavy atom. The molecular weight excluding hydrogens is 288 g/mol. The molecule has 0 aliphatic rings. The van der Waals surface area contributed by atoms with Crippen LogP contribution in [0.25, 0.3) is 0 Å². The Bertz CT molecular complexity index is 227. The molecule has 0 aliphatic heterocycles. The van der Waals surface area contributed by atoms with Gasteiger partial charge in [0, 0.05) is 40.0 Å². The number of rotatable bonds is 0. The van der Waals surface area contributed by atoms with Crippen molar-refractivity contribution >= 4 is 0 Å². The Morgan fingerprint density at radius 3 is 1.05 bits per heavy atom. The van der Waals surface area contributed by atoms with Gasteiger partial charge in [0.2, 0.25) is 0 Å². The normalized spacial score (nSPS) is 8.45. The van der Waals surface area contributed by atoms with Crippen molar-refractivity contribution < 1.29 is 37.0 Å². The second-order valence-electron chi connectivity index (χ2n) is 4.86. The van der Waals surface area contributed by atoms with Gasteiger partial charge in [-0.1, -0.05) is 6.92 Å². The zero-order chi connectivity index (χ0) is 15.8. The molecule has 0 heterocycles. The molecule has 0 aliphatic carbocycles. The Hall–Kier alpha value is -0.186. The van der Waals surface area contributed by atoms with E-state index in [2.05, 4.69) is 13.0 Å². The molecule has 0 spiro atoms. The molecule has 0 unspecified atom stereocenters. The molecule has 0 aromatic heterocycles. The van der Waals surface area contributed by atoms with E-state index >= 15 is 0 Å². The Kier molecular flexibility index (Phi) is 29.6. The maximum Gasteiger partial charge on any atom is 0.0483 e. The van der Waals surface area contributed by atoms with Gasteiger partial charge in [-0.3, -0.25) is 0 Å². The first-order chi connectivity index (χ1) is 8.59. The van der Waals surface area contributed by atoms with Gasteiger partial charge < -0.3 is 15.3 Å². The molecule has 1 aromatic carbocycles. The first kappa shape index (κ1) is 28.0.